The molecule has 1 saturated heterocycles. The molecular weight excluding hydrogens is 322 g/mol. The third-order valence-corrected chi connectivity index (χ3v) is 4.77. The molecule has 1 aliphatic heterocycles. The zero-order valence-corrected chi connectivity index (χ0v) is 15.7. The van der Waals surface area contributed by atoms with Crippen LogP contribution in [0.25, 0.3) is 0 Å². The van der Waals surface area contributed by atoms with Crippen molar-refractivity contribution < 1.29 is 9.47 Å². The second kappa shape index (κ2) is 11.4. The molecule has 2 unspecified atom stereocenters. The summed E-state index contributed by atoms with van der Waals surface area (Å²) in [5, 5.41) is 11.0. The summed E-state index contributed by atoms with van der Waals surface area (Å²) in [5.74, 6) is 1.33. The van der Waals surface area contributed by atoms with Crippen LogP contribution in [-0.4, -0.2) is 51.5 Å². The molecule has 0 spiro atoms. The molecule has 1 aliphatic rings. The van der Waals surface area contributed by atoms with E-state index in [1.165, 1.54) is 12.0 Å². The lowest BCUT2D eigenvalue weighted by Crippen LogP contribution is -2.38. The van der Waals surface area contributed by atoms with Gasteiger partial charge in [0.25, 0.3) is 0 Å². The highest BCUT2D eigenvalue weighted by molar-refractivity contribution is 7.07. The van der Waals surface area contributed by atoms with E-state index in [0.29, 0.717) is 12.0 Å². The smallest absolute Gasteiger partial charge is 0.191 e. The summed E-state index contributed by atoms with van der Waals surface area (Å²) < 4.78 is 11.2. The maximum absolute atomic E-state index is 5.68. The van der Waals surface area contributed by atoms with Crippen molar-refractivity contribution in [1.82, 2.24) is 10.6 Å². The standard InChI is InChI=1S/C18H31N3O2S/c1-3-19-18(21-12-15(2)16-7-11-24-14-16)20-8-5-9-22-13-17-6-4-10-23-17/h7,11,14-15,17H,3-6,8-10,12-13H2,1-2H3,(H2,19,20,21). The highest BCUT2D eigenvalue weighted by Gasteiger charge is 2.14. The van der Waals surface area contributed by atoms with Crippen LogP contribution in [-0.2, 0) is 9.47 Å². The quantitative estimate of drug-likeness (QED) is 0.386. The molecule has 136 valence electrons. The average molecular weight is 354 g/mol. The zero-order valence-electron chi connectivity index (χ0n) is 14.9. The number of guanidine groups is 1. The van der Waals surface area contributed by atoms with Gasteiger partial charge in [0.2, 0.25) is 0 Å². The molecular formula is C18H31N3O2S. The zero-order chi connectivity index (χ0) is 17.0. The van der Waals surface area contributed by atoms with Gasteiger partial charge in [-0.2, -0.15) is 11.3 Å². The average Bonchev–Trinajstić information content (AvgIpc) is 3.28. The molecule has 1 aromatic heterocycles. The number of rotatable bonds is 10. The minimum atomic E-state index is 0.315. The Morgan fingerprint density at radius 3 is 3.12 bits per heavy atom. The lowest BCUT2D eigenvalue weighted by Gasteiger charge is -2.14. The Morgan fingerprint density at radius 2 is 2.42 bits per heavy atom. The number of nitrogens with one attached hydrogen (secondary N) is 2. The third-order valence-electron chi connectivity index (χ3n) is 4.07. The molecule has 0 bridgehead atoms. The molecule has 1 aromatic rings. The first-order valence-electron chi connectivity index (χ1n) is 9.03. The Kier molecular flexibility index (Phi) is 9.16. The minimum Gasteiger partial charge on any atom is -0.379 e. The fourth-order valence-electron chi connectivity index (χ4n) is 2.60. The van der Waals surface area contributed by atoms with Gasteiger partial charge < -0.3 is 20.1 Å². The van der Waals surface area contributed by atoms with Crippen molar-refractivity contribution in [3.63, 3.8) is 0 Å². The molecule has 0 radical (unpaired) electrons. The Bertz CT molecular complexity index is 459. The van der Waals surface area contributed by atoms with E-state index in [4.69, 9.17) is 9.47 Å². The lowest BCUT2D eigenvalue weighted by atomic mass is 10.1. The van der Waals surface area contributed by atoms with E-state index in [2.05, 4.69) is 46.3 Å². The van der Waals surface area contributed by atoms with Gasteiger partial charge in [0, 0.05) is 38.8 Å². The third kappa shape index (κ3) is 7.20. The van der Waals surface area contributed by atoms with E-state index in [1.54, 1.807) is 11.3 Å². The van der Waals surface area contributed by atoms with Crippen molar-refractivity contribution in [2.45, 2.75) is 45.1 Å². The van der Waals surface area contributed by atoms with E-state index in [9.17, 15) is 0 Å². The first kappa shape index (κ1) is 19.2. The number of ether oxygens (including phenoxy) is 2. The first-order chi connectivity index (χ1) is 11.8. The molecule has 24 heavy (non-hydrogen) atoms. The van der Waals surface area contributed by atoms with E-state index >= 15 is 0 Å². The van der Waals surface area contributed by atoms with Crippen LogP contribution in [0.3, 0.4) is 0 Å². The fraction of sp³-hybridized carbons (Fsp3) is 0.722. The summed E-state index contributed by atoms with van der Waals surface area (Å²) in [6, 6.07) is 2.18. The number of hydrogen-bond acceptors (Lipinski definition) is 4. The van der Waals surface area contributed by atoms with Gasteiger partial charge in [-0.05, 0) is 48.6 Å². The molecule has 2 rings (SSSR count). The Morgan fingerprint density at radius 1 is 1.50 bits per heavy atom. The number of thiophene rings is 1. The van der Waals surface area contributed by atoms with Crippen LogP contribution in [0.1, 0.15) is 44.6 Å². The largest absolute Gasteiger partial charge is 0.379 e. The van der Waals surface area contributed by atoms with Gasteiger partial charge in [-0.1, -0.05) is 6.92 Å². The SMILES string of the molecule is CCNC(=NCC(C)c1ccsc1)NCCCOCC1CCCO1. The molecule has 5 nitrogen and oxygen atoms in total. The highest BCUT2D eigenvalue weighted by Crippen LogP contribution is 2.18. The summed E-state index contributed by atoms with van der Waals surface area (Å²) in [4.78, 5) is 4.69. The van der Waals surface area contributed by atoms with Gasteiger partial charge in [0.1, 0.15) is 0 Å². The molecule has 2 heterocycles. The summed E-state index contributed by atoms with van der Waals surface area (Å²) in [5.41, 5.74) is 1.36. The van der Waals surface area contributed by atoms with Crippen molar-refractivity contribution in [3.8, 4) is 0 Å². The van der Waals surface area contributed by atoms with Crippen molar-refractivity contribution in [1.29, 1.82) is 0 Å². The van der Waals surface area contributed by atoms with Crippen LogP contribution in [0, 0.1) is 0 Å². The maximum atomic E-state index is 5.68. The summed E-state index contributed by atoms with van der Waals surface area (Å²) in [7, 11) is 0. The van der Waals surface area contributed by atoms with Gasteiger partial charge in [-0.25, -0.2) is 0 Å². The van der Waals surface area contributed by atoms with E-state index in [1.807, 2.05) is 0 Å². The monoisotopic (exact) mass is 353 g/mol. The molecule has 0 aromatic carbocycles. The summed E-state index contributed by atoms with van der Waals surface area (Å²) in [6.07, 6.45) is 3.59. The Hall–Kier alpha value is -1.11. The minimum absolute atomic E-state index is 0.315. The number of hydrogen-bond donors (Lipinski definition) is 2. The maximum Gasteiger partial charge on any atom is 0.191 e. The van der Waals surface area contributed by atoms with Crippen molar-refractivity contribution in [2.75, 3.05) is 39.5 Å². The molecule has 0 amide bonds. The predicted octanol–water partition coefficient (Wildman–Crippen LogP) is 2.99. The second-order valence-electron chi connectivity index (χ2n) is 6.17. The van der Waals surface area contributed by atoms with Gasteiger partial charge >= 0.3 is 0 Å². The van der Waals surface area contributed by atoms with Crippen LogP contribution < -0.4 is 10.6 Å². The number of aliphatic imine (C=N–C) groups is 1. The van der Waals surface area contributed by atoms with Crippen LogP contribution >= 0.6 is 11.3 Å². The molecule has 2 atom stereocenters. The van der Waals surface area contributed by atoms with Crippen LogP contribution in [0.5, 0.6) is 0 Å². The summed E-state index contributed by atoms with van der Waals surface area (Å²) >= 11 is 1.74. The van der Waals surface area contributed by atoms with E-state index in [-0.39, 0.29) is 0 Å². The molecule has 1 fully saturated rings. The number of nitrogens with zero attached hydrogens (tertiary/aromatic N) is 1. The van der Waals surface area contributed by atoms with Crippen molar-refractivity contribution >= 4 is 17.3 Å². The second-order valence-corrected chi connectivity index (χ2v) is 6.95. The lowest BCUT2D eigenvalue weighted by molar-refractivity contribution is 0.0168. The van der Waals surface area contributed by atoms with Crippen molar-refractivity contribution in [2.24, 2.45) is 4.99 Å². The molecule has 0 saturated carbocycles. The van der Waals surface area contributed by atoms with Gasteiger partial charge in [0.15, 0.2) is 5.96 Å². The van der Waals surface area contributed by atoms with Crippen LogP contribution in [0.4, 0.5) is 0 Å². The Labute approximate surface area is 149 Å². The van der Waals surface area contributed by atoms with Crippen molar-refractivity contribution in [3.05, 3.63) is 22.4 Å². The topological polar surface area (TPSA) is 54.9 Å². The first-order valence-corrected chi connectivity index (χ1v) is 9.97. The van der Waals surface area contributed by atoms with E-state index in [0.717, 1.165) is 58.3 Å². The van der Waals surface area contributed by atoms with E-state index < -0.39 is 0 Å². The van der Waals surface area contributed by atoms with Gasteiger partial charge in [-0.3, -0.25) is 4.99 Å². The van der Waals surface area contributed by atoms with Crippen LogP contribution in [0.2, 0.25) is 0 Å². The molecule has 0 aliphatic carbocycles. The normalized spacial score (nSPS) is 19.4. The predicted molar refractivity (Wildman–Crippen MR) is 101 cm³/mol. The van der Waals surface area contributed by atoms with Gasteiger partial charge in [-0.15, -0.1) is 0 Å². The summed E-state index contributed by atoms with van der Waals surface area (Å²) in [6.45, 7) is 9.21. The highest BCUT2D eigenvalue weighted by atomic mass is 32.1. The molecule has 2 N–H and O–H groups in total. The fourth-order valence-corrected chi connectivity index (χ4v) is 3.38. The van der Waals surface area contributed by atoms with Gasteiger partial charge in [0.05, 0.1) is 12.7 Å². The molecule has 6 heteroatoms. The van der Waals surface area contributed by atoms with Crippen LogP contribution in [0.15, 0.2) is 21.8 Å². The Balaban J connectivity index is 1.60.